The fourth-order valence-electron chi connectivity index (χ4n) is 1.30. The number of non-ortho nitro benzene ring substituents is 1. The van der Waals surface area contributed by atoms with Crippen LogP contribution in [0.2, 0.25) is 0 Å². The maximum absolute atomic E-state index is 10.1. The third-order valence-corrected chi connectivity index (χ3v) is 2.46. The predicted molar refractivity (Wildman–Crippen MR) is 93.9 cm³/mol. The Bertz CT molecular complexity index is 481. The Labute approximate surface area is 129 Å². The van der Waals surface area contributed by atoms with Crippen molar-refractivity contribution in [2.45, 2.75) is 43.1 Å². The van der Waals surface area contributed by atoms with Crippen LogP contribution < -0.4 is 0 Å². The van der Waals surface area contributed by atoms with Gasteiger partial charge in [-0.25, -0.2) is 0 Å². The molecular formula is C18H29NO2. The van der Waals surface area contributed by atoms with Gasteiger partial charge in [0.25, 0.3) is 5.69 Å². The molecule has 0 aliphatic heterocycles. The van der Waals surface area contributed by atoms with Crippen LogP contribution in [-0.4, -0.2) is 4.92 Å². The third-order valence-electron chi connectivity index (χ3n) is 2.46. The topological polar surface area (TPSA) is 43.1 Å². The van der Waals surface area contributed by atoms with Crippen LogP contribution in [0.15, 0.2) is 48.5 Å². The summed E-state index contributed by atoms with van der Waals surface area (Å²) >= 11 is 0. The lowest BCUT2D eigenvalue weighted by molar-refractivity contribution is -0.384. The van der Waals surface area contributed by atoms with Crippen molar-refractivity contribution in [3.05, 3.63) is 75.3 Å². The Morgan fingerprint density at radius 3 is 1.14 bits per heavy atom. The molecule has 0 N–H and O–H groups in total. The van der Waals surface area contributed by atoms with E-state index in [9.17, 15) is 10.1 Å². The van der Waals surface area contributed by atoms with E-state index in [0.717, 1.165) is 5.56 Å². The number of hydrogen-bond donors (Lipinski definition) is 0. The highest BCUT2D eigenvalue weighted by Crippen LogP contribution is 2.10. The zero-order valence-electron chi connectivity index (χ0n) is 10.9. The Morgan fingerprint density at radius 1 is 0.667 bits per heavy atom. The van der Waals surface area contributed by atoms with Gasteiger partial charge < -0.3 is 0 Å². The molecule has 2 aromatic carbocycles. The third kappa shape index (κ3) is 9.38. The van der Waals surface area contributed by atoms with E-state index in [-0.39, 0.29) is 28.0 Å². The SMILES string of the molecule is C.C.C.Cc1ccc(C)cc1.Cc1ccc([N+](=O)[O-])cc1. The second-order valence-electron chi connectivity index (χ2n) is 4.25. The monoisotopic (exact) mass is 291 g/mol. The molecule has 0 aromatic heterocycles. The summed E-state index contributed by atoms with van der Waals surface area (Å²) in [7, 11) is 0. The van der Waals surface area contributed by atoms with Gasteiger partial charge in [0.15, 0.2) is 0 Å². The van der Waals surface area contributed by atoms with E-state index in [0.29, 0.717) is 0 Å². The number of nitro groups is 1. The van der Waals surface area contributed by atoms with Gasteiger partial charge in [-0.05, 0) is 20.8 Å². The van der Waals surface area contributed by atoms with Gasteiger partial charge in [-0.1, -0.05) is 75.4 Å². The smallest absolute Gasteiger partial charge is 0.258 e. The van der Waals surface area contributed by atoms with E-state index in [1.165, 1.54) is 23.3 Å². The van der Waals surface area contributed by atoms with Crippen LogP contribution in [0.4, 0.5) is 5.69 Å². The number of nitrogens with zero attached hydrogens (tertiary/aromatic N) is 1. The number of benzene rings is 2. The van der Waals surface area contributed by atoms with Crippen LogP contribution in [-0.2, 0) is 0 Å². The Balaban J connectivity index is -0.000000274. The van der Waals surface area contributed by atoms with Crippen molar-refractivity contribution in [3.8, 4) is 0 Å². The number of rotatable bonds is 1. The van der Waals surface area contributed by atoms with Crippen molar-refractivity contribution >= 4 is 5.69 Å². The minimum absolute atomic E-state index is 0. The molecule has 118 valence electrons. The van der Waals surface area contributed by atoms with Crippen molar-refractivity contribution in [1.29, 1.82) is 0 Å². The van der Waals surface area contributed by atoms with Crippen molar-refractivity contribution < 1.29 is 4.92 Å². The van der Waals surface area contributed by atoms with Crippen LogP contribution >= 0.6 is 0 Å². The van der Waals surface area contributed by atoms with Gasteiger partial charge in [-0.2, -0.15) is 0 Å². The van der Waals surface area contributed by atoms with Crippen molar-refractivity contribution in [3.63, 3.8) is 0 Å². The van der Waals surface area contributed by atoms with Crippen molar-refractivity contribution in [2.75, 3.05) is 0 Å². The molecule has 3 heteroatoms. The number of aryl methyl sites for hydroxylation is 3. The van der Waals surface area contributed by atoms with Gasteiger partial charge >= 0.3 is 0 Å². The first-order valence-electron chi connectivity index (χ1n) is 5.73. The first-order valence-corrected chi connectivity index (χ1v) is 5.73. The highest BCUT2D eigenvalue weighted by molar-refractivity contribution is 5.32. The first-order chi connectivity index (χ1) is 8.49. The quantitative estimate of drug-likeness (QED) is 0.469. The lowest BCUT2D eigenvalue weighted by atomic mass is 10.2. The van der Waals surface area contributed by atoms with Gasteiger partial charge in [0.05, 0.1) is 4.92 Å². The maximum atomic E-state index is 10.1. The van der Waals surface area contributed by atoms with Crippen LogP contribution in [0.1, 0.15) is 39.0 Å². The standard InChI is InChI=1S/C8H10.C7H7NO2.3CH4/c1-7-3-5-8(2)6-4-7;1-6-2-4-7(5-3-6)8(9)10;;;/h3-6H,1-2H3;2-5H,1H3;3*1H4. The highest BCUT2D eigenvalue weighted by Gasteiger charge is 2.00. The summed E-state index contributed by atoms with van der Waals surface area (Å²) in [5.41, 5.74) is 3.84. The molecule has 0 unspecified atom stereocenters. The van der Waals surface area contributed by atoms with Crippen LogP contribution in [0.3, 0.4) is 0 Å². The zero-order valence-corrected chi connectivity index (χ0v) is 10.9. The fourth-order valence-corrected chi connectivity index (χ4v) is 1.30. The van der Waals surface area contributed by atoms with Gasteiger partial charge in [-0.3, -0.25) is 10.1 Å². The molecule has 0 heterocycles. The molecule has 2 aromatic rings. The minimum Gasteiger partial charge on any atom is -0.258 e. The summed E-state index contributed by atoms with van der Waals surface area (Å²) < 4.78 is 0. The predicted octanol–water partition coefficient (Wildman–Crippen LogP) is 6.11. The normalized spacial score (nSPS) is 7.95. The summed E-state index contributed by atoms with van der Waals surface area (Å²) in [6, 6.07) is 14.9. The van der Waals surface area contributed by atoms with E-state index < -0.39 is 4.92 Å². The molecule has 0 fully saturated rings. The Morgan fingerprint density at radius 2 is 0.905 bits per heavy atom. The van der Waals surface area contributed by atoms with E-state index >= 15 is 0 Å². The van der Waals surface area contributed by atoms with Gasteiger partial charge in [-0.15, -0.1) is 0 Å². The summed E-state index contributed by atoms with van der Waals surface area (Å²) in [4.78, 5) is 9.71. The van der Waals surface area contributed by atoms with E-state index in [4.69, 9.17) is 0 Å². The Kier molecular flexibility index (Phi) is 13.3. The lowest BCUT2D eigenvalue weighted by Gasteiger charge is -1.90. The minimum atomic E-state index is -0.403. The van der Waals surface area contributed by atoms with Gasteiger partial charge in [0.1, 0.15) is 0 Å². The van der Waals surface area contributed by atoms with Crippen LogP contribution in [0.5, 0.6) is 0 Å². The van der Waals surface area contributed by atoms with Crippen molar-refractivity contribution in [1.82, 2.24) is 0 Å². The number of nitro benzene ring substituents is 1. The van der Waals surface area contributed by atoms with Crippen LogP contribution in [0, 0.1) is 30.9 Å². The molecule has 2 rings (SSSR count). The molecule has 0 bridgehead atoms. The first kappa shape index (κ1) is 23.9. The van der Waals surface area contributed by atoms with E-state index in [1.807, 2.05) is 6.92 Å². The molecule has 0 spiro atoms. The molecule has 3 nitrogen and oxygen atoms in total. The van der Waals surface area contributed by atoms with Gasteiger partial charge in [0.2, 0.25) is 0 Å². The molecule has 0 aliphatic rings. The van der Waals surface area contributed by atoms with Crippen LogP contribution in [0.25, 0.3) is 0 Å². The second-order valence-corrected chi connectivity index (χ2v) is 4.25. The fraction of sp³-hybridized carbons (Fsp3) is 0.333. The molecule has 0 amide bonds. The zero-order chi connectivity index (χ0) is 13.5. The molecular weight excluding hydrogens is 262 g/mol. The molecule has 21 heavy (non-hydrogen) atoms. The summed E-state index contributed by atoms with van der Waals surface area (Å²) in [5.74, 6) is 0. The largest absolute Gasteiger partial charge is 0.269 e. The van der Waals surface area contributed by atoms with E-state index in [2.05, 4.69) is 38.1 Å². The summed E-state index contributed by atoms with van der Waals surface area (Å²) in [6.07, 6.45) is 0. The molecule has 0 saturated carbocycles. The summed E-state index contributed by atoms with van der Waals surface area (Å²) in [5, 5.41) is 10.1. The molecule has 0 radical (unpaired) electrons. The van der Waals surface area contributed by atoms with E-state index in [1.54, 1.807) is 12.1 Å². The average molecular weight is 291 g/mol. The number of hydrogen-bond acceptors (Lipinski definition) is 2. The second kappa shape index (κ2) is 11.6. The maximum Gasteiger partial charge on any atom is 0.269 e. The Hall–Kier alpha value is -2.16. The summed E-state index contributed by atoms with van der Waals surface area (Å²) in [6.45, 7) is 6.09. The molecule has 0 aliphatic carbocycles. The molecule has 0 saturated heterocycles. The van der Waals surface area contributed by atoms with Gasteiger partial charge in [0, 0.05) is 12.1 Å². The highest BCUT2D eigenvalue weighted by atomic mass is 16.6. The van der Waals surface area contributed by atoms with Crippen molar-refractivity contribution in [2.24, 2.45) is 0 Å². The molecule has 0 atom stereocenters. The lowest BCUT2D eigenvalue weighted by Crippen LogP contribution is -1.86. The average Bonchev–Trinajstić information content (AvgIpc) is 2.34.